The molecular weight excluding hydrogens is 468 g/mol. The third-order valence-electron chi connectivity index (χ3n) is 6.93. The van der Waals surface area contributed by atoms with Crippen LogP contribution in [-0.4, -0.2) is 22.7 Å². The first-order chi connectivity index (χ1) is 18.4. The van der Waals surface area contributed by atoms with Gasteiger partial charge in [0.15, 0.2) is 0 Å². The molecule has 4 heteroatoms. The number of hydrogen-bond donors (Lipinski definition) is 0. The van der Waals surface area contributed by atoms with Gasteiger partial charge in [-0.25, -0.2) is 4.68 Å². The van der Waals surface area contributed by atoms with Gasteiger partial charge in [-0.05, 0) is 118 Å². The Morgan fingerprint density at radius 3 is 2.63 bits per heavy atom. The minimum atomic E-state index is -0.141. The number of ether oxygens (including phenoxy) is 1. The highest BCUT2D eigenvalue weighted by atomic mass is 16.5. The van der Waals surface area contributed by atoms with E-state index in [1.807, 2.05) is 63.3 Å². The average molecular weight is 505 g/mol. The maximum Gasteiger partial charge on any atom is 0.206 e. The Labute approximate surface area is 226 Å². The Kier molecular flexibility index (Phi) is 8.78. The summed E-state index contributed by atoms with van der Waals surface area (Å²) in [6.07, 6.45) is 22.0. The van der Waals surface area contributed by atoms with Crippen molar-refractivity contribution in [2.75, 3.05) is 7.11 Å². The fourth-order valence-corrected chi connectivity index (χ4v) is 4.86. The molecule has 1 aromatic heterocycles. The van der Waals surface area contributed by atoms with Gasteiger partial charge in [-0.1, -0.05) is 36.8 Å². The number of rotatable bonds is 8. The molecule has 1 saturated carbocycles. The van der Waals surface area contributed by atoms with E-state index in [1.54, 1.807) is 23.9 Å². The van der Waals surface area contributed by atoms with E-state index in [4.69, 9.17) is 4.74 Å². The van der Waals surface area contributed by atoms with Gasteiger partial charge in [0, 0.05) is 16.8 Å². The molecule has 1 aromatic carbocycles. The molecule has 0 amide bonds. The quantitative estimate of drug-likeness (QED) is 0.158. The summed E-state index contributed by atoms with van der Waals surface area (Å²) in [5.74, 6) is 0.682. The monoisotopic (exact) mass is 504 g/mol. The number of carbonyl (C=O) groups is 1. The summed E-state index contributed by atoms with van der Waals surface area (Å²) in [6.45, 7) is 9.76. The highest BCUT2D eigenvalue weighted by Crippen LogP contribution is 2.27. The molecule has 1 fully saturated rings. The molecule has 4 rings (SSSR count). The van der Waals surface area contributed by atoms with Gasteiger partial charge < -0.3 is 4.74 Å². The summed E-state index contributed by atoms with van der Waals surface area (Å²) in [6, 6.07) is 7.79. The van der Waals surface area contributed by atoms with Gasteiger partial charge in [-0.15, -0.1) is 5.73 Å². The van der Waals surface area contributed by atoms with Crippen molar-refractivity contribution in [2.24, 2.45) is 0 Å². The van der Waals surface area contributed by atoms with Gasteiger partial charge in [0.05, 0.1) is 12.8 Å². The number of benzene rings is 1. The molecule has 0 N–H and O–H groups in total. The van der Waals surface area contributed by atoms with Gasteiger partial charge in [0.2, 0.25) is 5.78 Å². The Balaban J connectivity index is 1.54. The molecule has 4 nitrogen and oxygen atoms in total. The molecule has 0 spiro atoms. The lowest BCUT2D eigenvalue weighted by Crippen LogP contribution is -2.05. The number of aryl methyl sites for hydroxylation is 2. The number of allylic oxidation sites excluding steroid dienone is 11. The standard InChI is InChI=1S/C34H36N2O2/c1-6-11-32(30-18-19-34(38-5)25(3)20-30)36-26(4)22-31(35-36)33(37)21-24(2)29-15-10-14-28(16-17-29)23-27-12-8-7-9-13-27/h6,10-11,14,16-23H,1,7-9,12-13H2,2-5H3/b24-21+,32-11-. The maximum atomic E-state index is 13.2. The highest BCUT2D eigenvalue weighted by molar-refractivity contribution is 6.04. The summed E-state index contributed by atoms with van der Waals surface area (Å²) >= 11 is 0. The molecular formula is C34H36N2O2. The predicted molar refractivity (Wildman–Crippen MR) is 156 cm³/mol. The summed E-state index contributed by atoms with van der Waals surface area (Å²) < 4.78 is 7.20. The molecule has 0 bridgehead atoms. The van der Waals surface area contributed by atoms with Crippen LogP contribution in [0.3, 0.4) is 0 Å². The van der Waals surface area contributed by atoms with Crippen molar-refractivity contribution in [3.8, 4) is 5.75 Å². The minimum absolute atomic E-state index is 0.141. The SMILES string of the molecule is C=C/C=C(/c1ccc(OC)c(C)c1)n1nc(C(=O)/C=C(\C)C2=C=CC=C(C=C3CCCCC3)C=C2)cc1C. The van der Waals surface area contributed by atoms with Gasteiger partial charge in [0.25, 0.3) is 0 Å². The van der Waals surface area contributed by atoms with Crippen LogP contribution in [-0.2, 0) is 0 Å². The summed E-state index contributed by atoms with van der Waals surface area (Å²) in [5.41, 5.74) is 11.8. The Bertz CT molecular complexity index is 1460. The van der Waals surface area contributed by atoms with Crippen molar-refractivity contribution < 1.29 is 9.53 Å². The summed E-state index contributed by atoms with van der Waals surface area (Å²) in [4.78, 5) is 13.2. The lowest BCUT2D eigenvalue weighted by atomic mass is 9.93. The van der Waals surface area contributed by atoms with Crippen molar-refractivity contribution >= 4 is 11.5 Å². The minimum Gasteiger partial charge on any atom is -0.496 e. The van der Waals surface area contributed by atoms with Crippen LogP contribution < -0.4 is 4.74 Å². The molecule has 2 aliphatic rings. The van der Waals surface area contributed by atoms with Crippen molar-refractivity contribution in [2.45, 2.75) is 52.9 Å². The van der Waals surface area contributed by atoms with E-state index in [2.05, 4.69) is 35.6 Å². The molecule has 0 unspecified atom stereocenters. The second-order valence-electron chi connectivity index (χ2n) is 9.83. The topological polar surface area (TPSA) is 44.1 Å². The number of hydrogen-bond acceptors (Lipinski definition) is 3. The maximum absolute atomic E-state index is 13.2. The Morgan fingerprint density at radius 2 is 1.92 bits per heavy atom. The first-order valence-electron chi connectivity index (χ1n) is 13.2. The number of aromatic nitrogens is 2. The van der Waals surface area contributed by atoms with E-state index in [0.717, 1.165) is 39.4 Å². The number of nitrogens with zero attached hydrogens (tertiary/aromatic N) is 2. The molecule has 2 aliphatic carbocycles. The second-order valence-corrected chi connectivity index (χ2v) is 9.83. The van der Waals surface area contributed by atoms with Crippen LogP contribution in [0.4, 0.5) is 0 Å². The lowest BCUT2D eigenvalue weighted by molar-refractivity contribution is 0.104. The van der Waals surface area contributed by atoms with Gasteiger partial charge in [-0.3, -0.25) is 4.79 Å². The Morgan fingerprint density at radius 1 is 1.13 bits per heavy atom. The van der Waals surface area contributed by atoms with E-state index in [0.29, 0.717) is 5.69 Å². The van der Waals surface area contributed by atoms with Gasteiger partial charge >= 0.3 is 0 Å². The lowest BCUT2D eigenvalue weighted by Gasteiger charge is -2.13. The largest absolute Gasteiger partial charge is 0.496 e. The Hall–Kier alpha value is -4.14. The zero-order valence-electron chi connectivity index (χ0n) is 22.9. The van der Waals surface area contributed by atoms with Gasteiger partial charge in [0.1, 0.15) is 11.4 Å². The van der Waals surface area contributed by atoms with Gasteiger partial charge in [-0.2, -0.15) is 5.10 Å². The molecule has 0 atom stereocenters. The fraction of sp³-hybridized carbons (Fsp3) is 0.265. The van der Waals surface area contributed by atoms with Crippen LogP contribution in [0.25, 0.3) is 5.70 Å². The summed E-state index contributed by atoms with van der Waals surface area (Å²) in [5, 5.41) is 4.67. The highest BCUT2D eigenvalue weighted by Gasteiger charge is 2.16. The van der Waals surface area contributed by atoms with Crippen LogP contribution in [0.15, 0.2) is 107 Å². The molecule has 2 aromatic rings. The van der Waals surface area contributed by atoms with E-state index in [-0.39, 0.29) is 5.78 Å². The first kappa shape index (κ1) is 26.9. The fourth-order valence-electron chi connectivity index (χ4n) is 4.86. The average Bonchev–Trinajstić information content (AvgIpc) is 3.14. The third-order valence-corrected chi connectivity index (χ3v) is 6.93. The van der Waals surface area contributed by atoms with Crippen molar-refractivity contribution in [3.05, 3.63) is 130 Å². The number of ketones is 1. The van der Waals surface area contributed by atoms with E-state index in [9.17, 15) is 4.79 Å². The molecule has 194 valence electrons. The normalized spacial score (nSPS) is 16.1. The van der Waals surface area contributed by atoms with Crippen LogP contribution >= 0.6 is 0 Å². The predicted octanol–water partition coefficient (Wildman–Crippen LogP) is 8.18. The molecule has 0 aliphatic heterocycles. The van der Waals surface area contributed by atoms with E-state index < -0.39 is 0 Å². The second kappa shape index (κ2) is 12.4. The summed E-state index contributed by atoms with van der Waals surface area (Å²) in [7, 11) is 1.66. The van der Waals surface area contributed by atoms with Crippen LogP contribution in [0, 0.1) is 13.8 Å². The third kappa shape index (κ3) is 6.40. The smallest absolute Gasteiger partial charge is 0.206 e. The molecule has 1 heterocycles. The van der Waals surface area contributed by atoms with Crippen LogP contribution in [0.1, 0.15) is 66.3 Å². The van der Waals surface area contributed by atoms with Crippen molar-refractivity contribution in [3.63, 3.8) is 0 Å². The van der Waals surface area contributed by atoms with Crippen LogP contribution in [0.2, 0.25) is 0 Å². The van der Waals surface area contributed by atoms with Crippen molar-refractivity contribution in [1.29, 1.82) is 0 Å². The zero-order valence-corrected chi connectivity index (χ0v) is 22.9. The molecule has 0 saturated heterocycles. The first-order valence-corrected chi connectivity index (χ1v) is 13.2. The number of carbonyl (C=O) groups excluding carboxylic acids is 1. The van der Waals surface area contributed by atoms with E-state index >= 15 is 0 Å². The zero-order chi connectivity index (χ0) is 27.1. The van der Waals surface area contributed by atoms with Crippen molar-refractivity contribution in [1.82, 2.24) is 9.78 Å². The van der Waals surface area contributed by atoms with Crippen LogP contribution in [0.5, 0.6) is 5.75 Å². The number of methoxy groups -OCH3 is 1. The van der Waals surface area contributed by atoms with E-state index in [1.165, 1.54) is 43.3 Å². The molecule has 0 radical (unpaired) electrons. The molecule has 38 heavy (non-hydrogen) atoms.